The lowest BCUT2D eigenvalue weighted by Gasteiger charge is -2.42. The molecule has 0 aromatic heterocycles. The molecule has 1 saturated heterocycles. The first-order valence-electron chi connectivity index (χ1n) is 6.07. The quantitative estimate of drug-likeness (QED) is 0.584. The summed E-state index contributed by atoms with van der Waals surface area (Å²) in [6.07, 6.45) is 6.74. The minimum absolute atomic E-state index is 0.119. The topological polar surface area (TPSA) is 18.5 Å². The summed E-state index contributed by atoms with van der Waals surface area (Å²) in [5, 5.41) is 0. The van der Waals surface area contributed by atoms with Crippen LogP contribution in [0.2, 0.25) is 0 Å². The molecule has 2 aliphatic rings. The van der Waals surface area contributed by atoms with Gasteiger partial charge in [0, 0.05) is 30.5 Å². The Morgan fingerprint density at radius 1 is 1.40 bits per heavy atom. The fourth-order valence-electron chi connectivity index (χ4n) is 2.43. The van der Waals surface area contributed by atoms with Crippen molar-refractivity contribution in [1.29, 1.82) is 0 Å². The number of alkyl halides is 1. The van der Waals surface area contributed by atoms with Gasteiger partial charge in [-0.05, 0) is 25.7 Å². The second-order valence-electron chi connectivity index (χ2n) is 4.94. The van der Waals surface area contributed by atoms with Crippen LogP contribution in [0.1, 0.15) is 39.0 Å². The van der Waals surface area contributed by atoms with Crippen LogP contribution in [0.3, 0.4) is 0 Å². The molecule has 2 nitrogen and oxygen atoms in total. The van der Waals surface area contributed by atoms with Crippen molar-refractivity contribution in [3.05, 3.63) is 0 Å². The van der Waals surface area contributed by atoms with Crippen LogP contribution in [0.15, 0.2) is 0 Å². The predicted octanol–water partition coefficient (Wildman–Crippen LogP) is 3.18. The standard InChI is InChI=1S/C12H21IO2/c1-10(11-3-2-4-11)15-12(9-13)5-7-14-8-6-12/h10-11H,2-9H2,1H3. The summed E-state index contributed by atoms with van der Waals surface area (Å²) in [7, 11) is 0. The molecule has 0 aromatic rings. The summed E-state index contributed by atoms with van der Waals surface area (Å²) in [4.78, 5) is 0. The van der Waals surface area contributed by atoms with E-state index in [9.17, 15) is 0 Å². The molecule has 1 aliphatic heterocycles. The molecule has 0 N–H and O–H groups in total. The highest BCUT2D eigenvalue weighted by molar-refractivity contribution is 14.1. The van der Waals surface area contributed by atoms with Crippen molar-refractivity contribution >= 4 is 22.6 Å². The van der Waals surface area contributed by atoms with E-state index in [4.69, 9.17) is 9.47 Å². The smallest absolute Gasteiger partial charge is 0.0819 e. The van der Waals surface area contributed by atoms with Gasteiger partial charge in [0.1, 0.15) is 0 Å². The Bertz CT molecular complexity index is 198. The molecule has 2 fully saturated rings. The summed E-state index contributed by atoms with van der Waals surface area (Å²) in [6, 6.07) is 0. The van der Waals surface area contributed by atoms with Gasteiger partial charge in [-0.3, -0.25) is 0 Å². The van der Waals surface area contributed by atoms with E-state index in [0.717, 1.165) is 36.4 Å². The lowest BCUT2D eigenvalue weighted by Crippen LogP contribution is -2.45. The summed E-state index contributed by atoms with van der Waals surface area (Å²) in [5.74, 6) is 0.827. The third-order valence-electron chi connectivity index (χ3n) is 3.90. The molecule has 2 rings (SSSR count). The molecule has 1 unspecified atom stereocenters. The Balaban J connectivity index is 1.87. The summed E-state index contributed by atoms with van der Waals surface area (Å²) >= 11 is 2.47. The Morgan fingerprint density at radius 3 is 2.53 bits per heavy atom. The zero-order chi connectivity index (χ0) is 10.7. The Labute approximate surface area is 106 Å². The van der Waals surface area contributed by atoms with E-state index < -0.39 is 0 Å². The highest BCUT2D eigenvalue weighted by Gasteiger charge is 2.37. The minimum Gasteiger partial charge on any atom is -0.381 e. The van der Waals surface area contributed by atoms with Gasteiger partial charge in [-0.1, -0.05) is 29.0 Å². The van der Waals surface area contributed by atoms with E-state index in [-0.39, 0.29) is 5.60 Å². The van der Waals surface area contributed by atoms with Crippen molar-refractivity contribution < 1.29 is 9.47 Å². The van der Waals surface area contributed by atoms with Crippen molar-refractivity contribution in [2.24, 2.45) is 5.92 Å². The Kier molecular flexibility index (Phi) is 4.30. The molecule has 88 valence electrons. The van der Waals surface area contributed by atoms with Crippen LogP contribution in [-0.4, -0.2) is 29.3 Å². The van der Waals surface area contributed by atoms with Crippen molar-refractivity contribution in [2.45, 2.75) is 50.7 Å². The van der Waals surface area contributed by atoms with E-state index in [1.54, 1.807) is 0 Å². The van der Waals surface area contributed by atoms with Crippen molar-refractivity contribution in [3.8, 4) is 0 Å². The number of halogens is 1. The van der Waals surface area contributed by atoms with Gasteiger partial charge in [-0.25, -0.2) is 0 Å². The first-order chi connectivity index (χ1) is 7.26. The van der Waals surface area contributed by atoms with Gasteiger partial charge in [-0.15, -0.1) is 0 Å². The molecule has 15 heavy (non-hydrogen) atoms. The normalized spacial score (nSPS) is 28.4. The van der Waals surface area contributed by atoms with Crippen LogP contribution in [0.25, 0.3) is 0 Å². The third kappa shape index (κ3) is 2.86. The average molecular weight is 324 g/mol. The maximum absolute atomic E-state index is 6.34. The molecule has 0 spiro atoms. The van der Waals surface area contributed by atoms with Crippen LogP contribution >= 0.6 is 22.6 Å². The summed E-state index contributed by atoms with van der Waals surface area (Å²) < 4.78 is 12.9. The molecular weight excluding hydrogens is 303 g/mol. The average Bonchev–Trinajstić information content (AvgIpc) is 2.16. The van der Waals surface area contributed by atoms with Gasteiger partial charge >= 0.3 is 0 Å². The SMILES string of the molecule is CC(OC1(CI)CCOCC1)C1CCC1. The zero-order valence-corrected chi connectivity index (χ0v) is 11.7. The molecule has 1 atom stereocenters. The molecule has 0 radical (unpaired) electrons. The Morgan fingerprint density at radius 2 is 2.07 bits per heavy atom. The largest absolute Gasteiger partial charge is 0.381 e. The second kappa shape index (κ2) is 5.32. The Hall–Kier alpha value is 0.650. The maximum Gasteiger partial charge on any atom is 0.0819 e. The first-order valence-corrected chi connectivity index (χ1v) is 7.60. The molecule has 0 amide bonds. The van der Waals surface area contributed by atoms with Crippen molar-refractivity contribution in [2.75, 3.05) is 17.6 Å². The van der Waals surface area contributed by atoms with E-state index in [2.05, 4.69) is 29.5 Å². The number of ether oxygens (including phenoxy) is 2. The summed E-state index contributed by atoms with van der Waals surface area (Å²) in [5.41, 5.74) is 0.119. The van der Waals surface area contributed by atoms with Crippen molar-refractivity contribution in [3.63, 3.8) is 0 Å². The predicted molar refractivity (Wildman–Crippen MR) is 69.6 cm³/mol. The van der Waals surface area contributed by atoms with E-state index >= 15 is 0 Å². The second-order valence-corrected chi connectivity index (χ2v) is 5.71. The highest BCUT2D eigenvalue weighted by Crippen LogP contribution is 2.36. The molecule has 1 heterocycles. The first kappa shape index (κ1) is 12.1. The number of hydrogen-bond donors (Lipinski definition) is 0. The lowest BCUT2D eigenvalue weighted by atomic mass is 9.81. The molecule has 0 aromatic carbocycles. The van der Waals surface area contributed by atoms with Gasteiger partial charge in [0.15, 0.2) is 0 Å². The van der Waals surface area contributed by atoms with Crippen LogP contribution in [-0.2, 0) is 9.47 Å². The maximum atomic E-state index is 6.34. The molecule has 3 heteroatoms. The lowest BCUT2D eigenvalue weighted by molar-refractivity contribution is -0.145. The van der Waals surface area contributed by atoms with Gasteiger partial charge in [0.25, 0.3) is 0 Å². The molecular formula is C12H21IO2. The number of rotatable bonds is 4. The highest BCUT2D eigenvalue weighted by atomic mass is 127. The molecule has 1 saturated carbocycles. The van der Waals surface area contributed by atoms with Gasteiger partial charge in [0.2, 0.25) is 0 Å². The number of hydrogen-bond acceptors (Lipinski definition) is 2. The zero-order valence-electron chi connectivity index (χ0n) is 9.51. The van der Waals surface area contributed by atoms with Crippen LogP contribution < -0.4 is 0 Å². The fraction of sp³-hybridized carbons (Fsp3) is 1.00. The van der Waals surface area contributed by atoms with Crippen molar-refractivity contribution in [1.82, 2.24) is 0 Å². The van der Waals surface area contributed by atoms with Crippen LogP contribution in [0, 0.1) is 5.92 Å². The van der Waals surface area contributed by atoms with Gasteiger partial charge in [-0.2, -0.15) is 0 Å². The van der Waals surface area contributed by atoms with Gasteiger partial charge < -0.3 is 9.47 Å². The van der Waals surface area contributed by atoms with E-state index in [1.807, 2.05) is 0 Å². The minimum atomic E-state index is 0.119. The van der Waals surface area contributed by atoms with Crippen LogP contribution in [0.5, 0.6) is 0 Å². The summed E-state index contributed by atoms with van der Waals surface area (Å²) in [6.45, 7) is 4.01. The monoisotopic (exact) mass is 324 g/mol. The molecule has 1 aliphatic carbocycles. The third-order valence-corrected chi connectivity index (χ3v) is 5.29. The van der Waals surface area contributed by atoms with Crippen LogP contribution in [0.4, 0.5) is 0 Å². The molecule has 0 bridgehead atoms. The fourth-order valence-corrected chi connectivity index (χ4v) is 3.37. The van der Waals surface area contributed by atoms with E-state index in [0.29, 0.717) is 6.10 Å². The van der Waals surface area contributed by atoms with E-state index in [1.165, 1.54) is 19.3 Å². The van der Waals surface area contributed by atoms with Gasteiger partial charge in [0.05, 0.1) is 11.7 Å².